The van der Waals surface area contributed by atoms with Crippen LogP contribution in [-0.4, -0.2) is 41.2 Å². The number of hydrogen-bond acceptors (Lipinski definition) is 4. The van der Waals surface area contributed by atoms with Crippen molar-refractivity contribution >= 4 is 44.6 Å². The lowest BCUT2D eigenvalue weighted by molar-refractivity contribution is -0.124. The van der Waals surface area contributed by atoms with Gasteiger partial charge in [0.2, 0.25) is 10.1 Å². The highest BCUT2D eigenvalue weighted by Gasteiger charge is 2.37. The summed E-state index contributed by atoms with van der Waals surface area (Å²) in [5.41, 5.74) is 0. The quantitative estimate of drug-likeness (QED) is 0.603. The van der Waals surface area contributed by atoms with E-state index in [9.17, 15) is 13.5 Å². The van der Waals surface area contributed by atoms with Gasteiger partial charge in [0.15, 0.2) is 9.84 Å². The van der Waals surface area contributed by atoms with Gasteiger partial charge in [-0.25, -0.2) is 8.42 Å². The molecular formula is C6H9Cl3O4S. The first-order valence-electron chi connectivity index (χ1n) is 3.81. The lowest BCUT2D eigenvalue weighted by Gasteiger charge is -2.22. The van der Waals surface area contributed by atoms with Gasteiger partial charge in [-0.15, -0.1) is 0 Å². The minimum Gasteiger partial charge on any atom is -0.365 e. The number of halogens is 3. The molecule has 1 saturated heterocycles. The molecule has 0 aromatic heterocycles. The predicted molar refractivity (Wildman–Crippen MR) is 54.4 cm³/mol. The molecule has 0 aromatic rings. The van der Waals surface area contributed by atoms with Crippen molar-refractivity contribution in [2.24, 2.45) is 0 Å². The summed E-state index contributed by atoms with van der Waals surface area (Å²) in [6, 6.07) is 0. The Morgan fingerprint density at radius 1 is 1.43 bits per heavy atom. The zero-order valence-corrected chi connectivity index (χ0v) is 10.1. The molecule has 1 aliphatic heterocycles. The van der Waals surface area contributed by atoms with Gasteiger partial charge in [0.25, 0.3) is 0 Å². The largest absolute Gasteiger partial charge is 0.365 e. The molecule has 1 aliphatic rings. The molecule has 1 heterocycles. The molecule has 0 aliphatic carbocycles. The fraction of sp³-hybridized carbons (Fsp3) is 1.00. The topological polar surface area (TPSA) is 63.6 Å². The Labute approximate surface area is 97.0 Å². The van der Waals surface area contributed by atoms with E-state index in [4.69, 9.17) is 39.5 Å². The van der Waals surface area contributed by atoms with Crippen molar-refractivity contribution in [2.45, 2.75) is 22.6 Å². The van der Waals surface area contributed by atoms with Crippen LogP contribution < -0.4 is 0 Å². The summed E-state index contributed by atoms with van der Waals surface area (Å²) in [5, 5.41) is 9.20. The van der Waals surface area contributed by atoms with E-state index in [-0.39, 0.29) is 11.5 Å². The normalized spacial score (nSPS) is 29.0. The first kappa shape index (κ1) is 12.8. The maximum atomic E-state index is 11.0. The maximum absolute atomic E-state index is 11.0. The third-order valence-corrected chi connectivity index (χ3v) is 4.09. The van der Waals surface area contributed by atoms with Crippen LogP contribution in [0, 0.1) is 0 Å². The van der Waals surface area contributed by atoms with E-state index >= 15 is 0 Å². The van der Waals surface area contributed by atoms with Gasteiger partial charge >= 0.3 is 0 Å². The van der Waals surface area contributed by atoms with Crippen molar-refractivity contribution < 1.29 is 18.3 Å². The van der Waals surface area contributed by atoms with Crippen LogP contribution in [0.2, 0.25) is 0 Å². The average molecular weight is 284 g/mol. The van der Waals surface area contributed by atoms with Crippen LogP contribution in [-0.2, 0) is 14.6 Å². The third kappa shape index (κ3) is 3.72. The smallest absolute Gasteiger partial charge is 0.240 e. The first-order chi connectivity index (χ1) is 6.21. The summed E-state index contributed by atoms with van der Waals surface area (Å²) in [6.45, 7) is 0. The van der Waals surface area contributed by atoms with E-state index in [0.29, 0.717) is 6.42 Å². The fourth-order valence-electron chi connectivity index (χ4n) is 1.13. The Balaban J connectivity index is 2.48. The second-order valence-corrected chi connectivity index (χ2v) is 7.65. The standard InChI is InChI=1S/C6H9Cl3O4S/c7-6(8,9)5(10)13-4-1-2-14(11,12)3-4/h4-5,10H,1-3H2. The molecular weight excluding hydrogens is 274 g/mol. The van der Waals surface area contributed by atoms with Gasteiger partial charge in [-0.3, -0.25) is 0 Å². The van der Waals surface area contributed by atoms with Crippen molar-refractivity contribution in [3.63, 3.8) is 0 Å². The first-order valence-corrected chi connectivity index (χ1v) is 6.77. The summed E-state index contributed by atoms with van der Waals surface area (Å²) in [5.74, 6) is -0.0882. The second kappa shape index (κ2) is 4.31. The Bertz CT molecular complexity index is 297. The van der Waals surface area contributed by atoms with Gasteiger partial charge in [0.05, 0.1) is 17.6 Å². The SMILES string of the molecule is O=S1(=O)CCC(OC(O)C(Cl)(Cl)Cl)C1. The highest BCUT2D eigenvalue weighted by Crippen LogP contribution is 2.32. The summed E-state index contributed by atoms with van der Waals surface area (Å²) in [4.78, 5) is 0. The molecule has 14 heavy (non-hydrogen) atoms. The van der Waals surface area contributed by atoms with Crippen LogP contribution in [0.5, 0.6) is 0 Å². The van der Waals surface area contributed by atoms with E-state index in [1.807, 2.05) is 0 Å². The van der Waals surface area contributed by atoms with Gasteiger partial charge in [-0.2, -0.15) is 0 Å². The van der Waals surface area contributed by atoms with Gasteiger partial charge in [-0.1, -0.05) is 34.8 Å². The summed E-state index contributed by atoms with van der Waals surface area (Å²) < 4.78 is 25.0. The maximum Gasteiger partial charge on any atom is 0.240 e. The number of aliphatic hydroxyl groups is 1. The van der Waals surface area contributed by atoms with Crippen LogP contribution in [0.1, 0.15) is 6.42 Å². The van der Waals surface area contributed by atoms with Crippen molar-refractivity contribution in [3.8, 4) is 0 Å². The molecule has 0 bridgehead atoms. The number of rotatable bonds is 2. The van der Waals surface area contributed by atoms with Crippen molar-refractivity contribution in [3.05, 3.63) is 0 Å². The molecule has 84 valence electrons. The molecule has 1 fully saturated rings. The van der Waals surface area contributed by atoms with Crippen LogP contribution in [0.15, 0.2) is 0 Å². The van der Waals surface area contributed by atoms with E-state index in [2.05, 4.69) is 0 Å². The second-order valence-electron chi connectivity index (χ2n) is 3.06. The van der Waals surface area contributed by atoms with E-state index in [0.717, 1.165) is 0 Å². The highest BCUT2D eigenvalue weighted by atomic mass is 35.6. The lowest BCUT2D eigenvalue weighted by atomic mass is 10.3. The van der Waals surface area contributed by atoms with Crippen LogP contribution >= 0.6 is 34.8 Å². The van der Waals surface area contributed by atoms with Crippen LogP contribution in [0.25, 0.3) is 0 Å². The Hall–Kier alpha value is 0.740. The van der Waals surface area contributed by atoms with E-state index in [1.54, 1.807) is 0 Å². The summed E-state index contributed by atoms with van der Waals surface area (Å²) in [6.07, 6.45) is -1.88. The zero-order chi connectivity index (χ0) is 11.0. The number of alkyl halides is 3. The van der Waals surface area contributed by atoms with Crippen molar-refractivity contribution in [2.75, 3.05) is 11.5 Å². The number of sulfone groups is 1. The van der Waals surface area contributed by atoms with Crippen LogP contribution in [0.3, 0.4) is 0 Å². The molecule has 0 amide bonds. The zero-order valence-electron chi connectivity index (χ0n) is 6.99. The molecule has 1 N–H and O–H groups in total. The van der Waals surface area contributed by atoms with Gasteiger partial charge in [0.1, 0.15) is 0 Å². The minimum atomic E-state index is -3.05. The van der Waals surface area contributed by atoms with Gasteiger partial charge in [0, 0.05) is 0 Å². The van der Waals surface area contributed by atoms with Crippen LogP contribution in [0.4, 0.5) is 0 Å². The molecule has 4 nitrogen and oxygen atoms in total. The molecule has 1 rings (SSSR count). The average Bonchev–Trinajstić information content (AvgIpc) is 2.28. The highest BCUT2D eigenvalue weighted by molar-refractivity contribution is 7.91. The van der Waals surface area contributed by atoms with Gasteiger partial charge < -0.3 is 9.84 Å². The molecule has 0 spiro atoms. The molecule has 0 radical (unpaired) electrons. The van der Waals surface area contributed by atoms with Gasteiger partial charge in [-0.05, 0) is 6.42 Å². The molecule has 8 heteroatoms. The molecule has 0 saturated carbocycles. The van der Waals surface area contributed by atoms with Crippen molar-refractivity contribution in [1.29, 1.82) is 0 Å². The monoisotopic (exact) mass is 282 g/mol. The molecule has 2 unspecified atom stereocenters. The minimum absolute atomic E-state index is 0.0459. The van der Waals surface area contributed by atoms with E-state index < -0.39 is 26.0 Å². The summed E-state index contributed by atoms with van der Waals surface area (Å²) in [7, 11) is -3.05. The number of hydrogen-bond donors (Lipinski definition) is 1. The molecule has 0 aromatic carbocycles. The molecule has 2 atom stereocenters. The lowest BCUT2D eigenvalue weighted by Crippen LogP contribution is -2.33. The number of ether oxygens (including phenoxy) is 1. The fourth-order valence-corrected chi connectivity index (χ4v) is 2.88. The Kier molecular flexibility index (Phi) is 3.95. The summed E-state index contributed by atoms with van der Waals surface area (Å²) >= 11 is 16.0. The van der Waals surface area contributed by atoms with E-state index in [1.165, 1.54) is 0 Å². The Morgan fingerprint density at radius 3 is 2.36 bits per heavy atom. The third-order valence-electron chi connectivity index (χ3n) is 1.79. The number of aliphatic hydroxyl groups excluding tert-OH is 1. The Morgan fingerprint density at radius 2 is 2.00 bits per heavy atom. The predicted octanol–water partition coefficient (Wildman–Crippen LogP) is 0.879. The van der Waals surface area contributed by atoms with Crippen molar-refractivity contribution in [1.82, 2.24) is 0 Å².